The van der Waals surface area contributed by atoms with Crippen molar-refractivity contribution in [3.8, 4) is 0 Å². The van der Waals surface area contributed by atoms with Crippen LogP contribution in [0.25, 0.3) is 0 Å². The average Bonchev–Trinajstić information content (AvgIpc) is 1.61. The molecule has 9 heavy (non-hydrogen) atoms. The van der Waals surface area contributed by atoms with E-state index in [-0.39, 0.29) is 29.6 Å². The van der Waals surface area contributed by atoms with Gasteiger partial charge in [-0.3, -0.25) is 0 Å². The topological polar surface area (TPSA) is 60.4 Å². The molecule has 0 aliphatic rings. The molecule has 0 aliphatic carbocycles. The molecular formula is C5H7NaO3. The fourth-order valence-electron chi connectivity index (χ4n) is 0.218. The van der Waals surface area contributed by atoms with E-state index in [1.165, 1.54) is 6.92 Å². The third-order valence-electron chi connectivity index (χ3n) is 0.511. The van der Waals surface area contributed by atoms with Gasteiger partial charge in [0.05, 0.1) is 12.1 Å². The molecule has 0 aromatic heterocycles. The van der Waals surface area contributed by atoms with Crippen molar-refractivity contribution < 1.29 is 44.6 Å². The molecule has 3 nitrogen and oxygen atoms in total. The van der Waals surface area contributed by atoms with E-state index in [1.807, 2.05) is 0 Å². The zero-order chi connectivity index (χ0) is 6.57. The molecule has 0 saturated heterocycles. The van der Waals surface area contributed by atoms with Gasteiger partial charge in [0, 0.05) is 0 Å². The van der Waals surface area contributed by atoms with Crippen molar-refractivity contribution in [3.05, 3.63) is 12.2 Å². The molecule has 1 N–H and O–H groups in total. The van der Waals surface area contributed by atoms with E-state index in [0.717, 1.165) is 12.2 Å². The van der Waals surface area contributed by atoms with Gasteiger partial charge < -0.3 is 15.0 Å². The van der Waals surface area contributed by atoms with Gasteiger partial charge in [0.25, 0.3) is 0 Å². The second-order valence-corrected chi connectivity index (χ2v) is 1.42. The fraction of sp³-hybridized carbons (Fsp3) is 0.400. The Morgan fingerprint density at radius 3 is 2.33 bits per heavy atom. The quantitative estimate of drug-likeness (QED) is 0.310. The summed E-state index contributed by atoms with van der Waals surface area (Å²) < 4.78 is 0. The van der Waals surface area contributed by atoms with Gasteiger partial charge in [-0.25, -0.2) is 0 Å². The van der Waals surface area contributed by atoms with Crippen molar-refractivity contribution in [1.29, 1.82) is 0 Å². The molecule has 0 aromatic rings. The third kappa shape index (κ3) is 11.6. The van der Waals surface area contributed by atoms with Gasteiger partial charge >= 0.3 is 29.6 Å². The monoisotopic (exact) mass is 138 g/mol. The Morgan fingerprint density at radius 1 is 1.78 bits per heavy atom. The molecule has 0 rings (SSSR count). The third-order valence-corrected chi connectivity index (χ3v) is 0.511. The molecule has 0 saturated carbocycles. The minimum atomic E-state index is -1.29. The van der Waals surface area contributed by atoms with Crippen LogP contribution in [0.3, 0.4) is 0 Å². The van der Waals surface area contributed by atoms with Gasteiger partial charge in [-0.1, -0.05) is 6.08 Å². The van der Waals surface area contributed by atoms with Gasteiger partial charge in [-0.2, -0.15) is 0 Å². The van der Waals surface area contributed by atoms with Crippen LogP contribution in [0.15, 0.2) is 12.2 Å². The molecule has 46 valence electrons. The second kappa shape index (κ2) is 6.29. The van der Waals surface area contributed by atoms with Crippen molar-refractivity contribution in [2.75, 3.05) is 0 Å². The SMILES string of the molecule is CC(O)C=CC(=O)[O-].[Na+]. The Balaban J connectivity index is 0. The number of carboxylic acids is 1. The predicted octanol–water partition coefficient (Wildman–Crippen LogP) is -4.32. The van der Waals surface area contributed by atoms with Crippen molar-refractivity contribution in [3.63, 3.8) is 0 Å². The molecule has 1 atom stereocenters. The zero-order valence-electron chi connectivity index (χ0n) is 5.50. The van der Waals surface area contributed by atoms with Crippen LogP contribution in [0, 0.1) is 0 Å². The number of aliphatic carboxylic acids is 1. The number of carboxylic acid groups (broad SMARTS) is 1. The number of carbonyl (C=O) groups is 1. The van der Waals surface area contributed by atoms with E-state index in [1.54, 1.807) is 0 Å². The molecule has 0 radical (unpaired) electrons. The Hall–Kier alpha value is 0.170. The molecular weight excluding hydrogens is 131 g/mol. The first-order chi connectivity index (χ1) is 3.63. The summed E-state index contributed by atoms with van der Waals surface area (Å²) in [7, 11) is 0. The predicted molar refractivity (Wildman–Crippen MR) is 25.8 cm³/mol. The van der Waals surface area contributed by atoms with Gasteiger partial charge in [-0.05, 0) is 13.0 Å². The van der Waals surface area contributed by atoms with Gasteiger partial charge in [0.15, 0.2) is 0 Å². The van der Waals surface area contributed by atoms with Crippen LogP contribution >= 0.6 is 0 Å². The number of carbonyl (C=O) groups excluding carboxylic acids is 1. The van der Waals surface area contributed by atoms with Crippen LogP contribution in [0.4, 0.5) is 0 Å². The van der Waals surface area contributed by atoms with Gasteiger partial charge in [0.1, 0.15) is 0 Å². The Bertz CT molecular complexity index is 109. The molecule has 0 aliphatic heterocycles. The van der Waals surface area contributed by atoms with Crippen LogP contribution in [-0.4, -0.2) is 17.2 Å². The number of aliphatic hydroxyl groups is 1. The largest absolute Gasteiger partial charge is 1.00 e. The second-order valence-electron chi connectivity index (χ2n) is 1.42. The molecule has 0 spiro atoms. The number of rotatable bonds is 2. The zero-order valence-corrected chi connectivity index (χ0v) is 7.50. The normalized spacial score (nSPS) is 12.7. The fourth-order valence-corrected chi connectivity index (χ4v) is 0.218. The van der Waals surface area contributed by atoms with Crippen molar-refractivity contribution in [2.24, 2.45) is 0 Å². The number of hydrogen-bond acceptors (Lipinski definition) is 3. The summed E-state index contributed by atoms with van der Waals surface area (Å²) in [4.78, 5) is 9.59. The first kappa shape index (κ1) is 11.9. The molecule has 4 heteroatoms. The summed E-state index contributed by atoms with van der Waals surface area (Å²) in [6.45, 7) is 1.46. The maximum Gasteiger partial charge on any atom is 1.00 e. The van der Waals surface area contributed by atoms with E-state index in [4.69, 9.17) is 5.11 Å². The summed E-state index contributed by atoms with van der Waals surface area (Å²) in [5.41, 5.74) is 0. The molecule has 0 heterocycles. The van der Waals surface area contributed by atoms with Crippen LogP contribution in [-0.2, 0) is 4.79 Å². The van der Waals surface area contributed by atoms with Crippen LogP contribution in [0.1, 0.15) is 6.92 Å². The molecule has 1 unspecified atom stereocenters. The van der Waals surface area contributed by atoms with Crippen molar-refractivity contribution in [1.82, 2.24) is 0 Å². The van der Waals surface area contributed by atoms with Crippen LogP contribution in [0.5, 0.6) is 0 Å². The van der Waals surface area contributed by atoms with Gasteiger partial charge in [0.2, 0.25) is 0 Å². The first-order valence-corrected chi connectivity index (χ1v) is 2.20. The number of aliphatic hydroxyl groups excluding tert-OH is 1. The Labute approximate surface area is 75.7 Å². The standard InChI is InChI=1S/C5H8O3.Na/c1-4(6)2-3-5(7)8;/h2-4,6H,1H3,(H,7,8);/q;+1/p-1. The van der Waals surface area contributed by atoms with Crippen LogP contribution in [0.2, 0.25) is 0 Å². The maximum absolute atomic E-state index is 9.59. The minimum Gasteiger partial charge on any atom is -0.545 e. The van der Waals surface area contributed by atoms with E-state index >= 15 is 0 Å². The molecule has 0 amide bonds. The number of hydrogen-bond donors (Lipinski definition) is 1. The Morgan fingerprint density at radius 2 is 2.22 bits per heavy atom. The van der Waals surface area contributed by atoms with E-state index in [9.17, 15) is 9.90 Å². The minimum absolute atomic E-state index is 0. The summed E-state index contributed by atoms with van der Waals surface area (Å²) in [6, 6.07) is 0. The molecule has 0 bridgehead atoms. The smallest absolute Gasteiger partial charge is 0.545 e. The summed E-state index contributed by atoms with van der Waals surface area (Å²) in [5.74, 6) is -1.29. The summed E-state index contributed by atoms with van der Waals surface area (Å²) in [5, 5.41) is 18.0. The van der Waals surface area contributed by atoms with Gasteiger partial charge in [-0.15, -0.1) is 0 Å². The van der Waals surface area contributed by atoms with E-state index < -0.39 is 12.1 Å². The van der Waals surface area contributed by atoms with E-state index in [0.29, 0.717) is 0 Å². The van der Waals surface area contributed by atoms with Crippen LogP contribution < -0.4 is 34.7 Å². The Kier molecular flexibility index (Phi) is 8.32. The maximum atomic E-state index is 9.59. The summed E-state index contributed by atoms with van der Waals surface area (Å²) in [6.07, 6.45) is 1.22. The van der Waals surface area contributed by atoms with Crippen molar-refractivity contribution >= 4 is 5.97 Å². The molecule has 0 aromatic carbocycles. The van der Waals surface area contributed by atoms with E-state index in [2.05, 4.69) is 0 Å². The van der Waals surface area contributed by atoms with Crippen molar-refractivity contribution in [2.45, 2.75) is 13.0 Å². The average molecular weight is 138 g/mol. The summed E-state index contributed by atoms with van der Waals surface area (Å²) >= 11 is 0. The first-order valence-electron chi connectivity index (χ1n) is 2.20. The molecule has 0 fully saturated rings.